The Balaban J connectivity index is 0.000000168. The normalized spacial score (nSPS) is 13.0. The van der Waals surface area contributed by atoms with Gasteiger partial charge in [0.25, 0.3) is 0 Å². The summed E-state index contributed by atoms with van der Waals surface area (Å²) in [6, 6.07) is 22.1. The van der Waals surface area contributed by atoms with Crippen LogP contribution in [-0.2, 0) is 23.4 Å². The van der Waals surface area contributed by atoms with E-state index >= 15 is 0 Å². The van der Waals surface area contributed by atoms with E-state index in [0.717, 1.165) is 22.8 Å². The predicted molar refractivity (Wildman–Crippen MR) is 263 cm³/mol. The van der Waals surface area contributed by atoms with Crippen molar-refractivity contribution in [2.45, 2.75) is 38.9 Å². The number of rotatable bonds is 6. The van der Waals surface area contributed by atoms with Gasteiger partial charge in [-0.2, -0.15) is 10.2 Å². The van der Waals surface area contributed by atoms with Gasteiger partial charge in [0.05, 0.1) is 40.2 Å². The van der Waals surface area contributed by atoms with Gasteiger partial charge in [-0.3, -0.25) is 14.3 Å². The minimum absolute atomic E-state index is 0.0489. The third-order valence-electron chi connectivity index (χ3n) is 9.77. The zero-order valence-electron chi connectivity index (χ0n) is 38.0. The van der Waals surface area contributed by atoms with E-state index in [1.165, 1.54) is 48.7 Å². The zero-order chi connectivity index (χ0) is 50.5. The number of hydrogen-bond donors (Lipinski definition) is 4. The second kappa shape index (κ2) is 23.8. The molecule has 1 aliphatic heterocycles. The molecule has 0 unspecified atom stereocenters. The smallest absolute Gasteiger partial charge is 0.498 e. The number of nitrogen functional groups attached to an aromatic ring is 3. The van der Waals surface area contributed by atoms with Crippen molar-refractivity contribution in [1.29, 1.82) is 0 Å². The maximum atomic E-state index is 13.4. The first-order valence-corrected chi connectivity index (χ1v) is 21.6. The van der Waals surface area contributed by atoms with Crippen LogP contribution in [0.3, 0.4) is 0 Å². The van der Waals surface area contributed by atoms with Gasteiger partial charge >= 0.3 is 7.12 Å². The van der Waals surface area contributed by atoms with Crippen molar-refractivity contribution < 1.29 is 37.1 Å². The molecule has 0 atom stereocenters. The highest BCUT2D eigenvalue weighted by Gasteiger charge is 2.52. The number of nitrogens with two attached hydrogens (primary N) is 3. The summed E-state index contributed by atoms with van der Waals surface area (Å²) < 4.78 is 65.0. The van der Waals surface area contributed by atoms with E-state index in [9.17, 15) is 13.2 Å². The SMILES string of the molecule is Clc1ccnc(Cl)c1.Cn1cc(-c2cc(Oc3ccc(N)c(F)c3)ccn2)cn1.Cn1cc(B2OC(C)(C)C(C)(C)O2)cn1.Nc1ccc(O)cc1F.Nc1ccc(Oc2ccnc(Cl)c2)cc1F. The molecule has 0 bridgehead atoms. The van der Waals surface area contributed by atoms with Gasteiger partial charge < -0.3 is 41.1 Å². The molecule has 5 aromatic heterocycles. The van der Waals surface area contributed by atoms with E-state index in [1.807, 2.05) is 54.2 Å². The molecule has 360 valence electrons. The molecule has 1 aliphatic rings. The number of benzene rings is 3. The van der Waals surface area contributed by atoms with E-state index < -0.39 is 17.5 Å². The average molecular weight is 1010 g/mol. The minimum atomic E-state index is -0.588. The monoisotopic (exact) mass is 1000 g/mol. The number of pyridine rings is 3. The second-order valence-corrected chi connectivity index (χ2v) is 16.9. The third-order valence-corrected chi connectivity index (χ3v) is 10.4. The van der Waals surface area contributed by atoms with Crippen LogP contribution in [0, 0.1) is 17.5 Å². The summed E-state index contributed by atoms with van der Waals surface area (Å²) >= 11 is 16.7. The Labute approximate surface area is 411 Å². The predicted octanol–water partition coefficient (Wildman–Crippen LogP) is 10.5. The van der Waals surface area contributed by atoms with Gasteiger partial charge in [0, 0.05) is 97.7 Å². The Morgan fingerprint density at radius 3 is 1.48 bits per heavy atom. The van der Waals surface area contributed by atoms with Crippen molar-refractivity contribution in [3.63, 3.8) is 0 Å². The van der Waals surface area contributed by atoms with Crippen molar-refractivity contribution in [3.8, 4) is 40.0 Å². The quantitative estimate of drug-likeness (QED) is 0.0530. The molecule has 9 rings (SSSR count). The summed E-state index contributed by atoms with van der Waals surface area (Å²) in [5.41, 5.74) is 18.1. The fourth-order valence-corrected chi connectivity index (χ4v) is 6.04. The molecule has 15 nitrogen and oxygen atoms in total. The lowest BCUT2D eigenvalue weighted by Gasteiger charge is -2.32. The van der Waals surface area contributed by atoms with Crippen molar-refractivity contribution in [2.75, 3.05) is 17.2 Å². The van der Waals surface area contributed by atoms with Crippen LogP contribution in [0.1, 0.15) is 27.7 Å². The lowest BCUT2D eigenvalue weighted by atomic mass is 9.82. The lowest BCUT2D eigenvalue weighted by Crippen LogP contribution is -2.41. The number of hydrogen-bond acceptors (Lipinski definition) is 13. The Morgan fingerprint density at radius 2 is 1.04 bits per heavy atom. The van der Waals surface area contributed by atoms with Crippen molar-refractivity contribution in [3.05, 3.63) is 167 Å². The molecule has 1 fully saturated rings. The molecule has 0 spiro atoms. The number of phenols is 1. The summed E-state index contributed by atoms with van der Waals surface area (Å²) in [6.07, 6.45) is 12.0. The Kier molecular flexibility index (Phi) is 18.3. The number of nitrogens with zero attached hydrogens (tertiary/aromatic N) is 7. The highest BCUT2D eigenvalue weighted by molar-refractivity contribution is 6.62. The number of aryl methyl sites for hydroxylation is 2. The van der Waals surface area contributed by atoms with E-state index in [0.29, 0.717) is 38.3 Å². The Hall–Kier alpha value is -7.03. The number of ether oxygens (including phenoxy) is 2. The second-order valence-electron chi connectivity index (χ2n) is 15.7. The fourth-order valence-electron chi connectivity index (χ4n) is 5.48. The van der Waals surface area contributed by atoms with Gasteiger partial charge in [-0.05, 0) is 88.4 Å². The summed E-state index contributed by atoms with van der Waals surface area (Å²) in [4.78, 5) is 11.8. The lowest BCUT2D eigenvalue weighted by molar-refractivity contribution is 0.00578. The van der Waals surface area contributed by atoms with Crippen LogP contribution >= 0.6 is 34.8 Å². The highest BCUT2D eigenvalue weighted by atomic mass is 35.5. The highest BCUT2D eigenvalue weighted by Crippen LogP contribution is 2.36. The molecule has 0 saturated carbocycles. The number of aromatic nitrogens is 7. The van der Waals surface area contributed by atoms with Crippen molar-refractivity contribution >= 4 is 64.4 Å². The van der Waals surface area contributed by atoms with Gasteiger partial charge in [0.15, 0.2) is 0 Å². The summed E-state index contributed by atoms with van der Waals surface area (Å²) in [7, 11) is 3.42. The Morgan fingerprint density at radius 1 is 0.580 bits per heavy atom. The van der Waals surface area contributed by atoms with Gasteiger partial charge in [0.1, 0.15) is 56.5 Å². The fraction of sp³-hybridized carbons (Fsp3) is 0.170. The first-order chi connectivity index (χ1) is 32.6. The molecular formula is C47H47BCl3F3N10O5. The number of anilines is 3. The molecular weight excluding hydrogens is 959 g/mol. The molecule has 0 aliphatic carbocycles. The Bertz CT molecular complexity index is 2930. The first-order valence-electron chi connectivity index (χ1n) is 20.4. The van der Waals surface area contributed by atoms with Crippen LogP contribution in [-0.4, -0.2) is 57.9 Å². The molecule has 22 heteroatoms. The summed E-state index contributed by atoms with van der Waals surface area (Å²) in [5, 5.41) is 18.2. The van der Waals surface area contributed by atoms with Crippen LogP contribution in [0.4, 0.5) is 30.2 Å². The van der Waals surface area contributed by atoms with Gasteiger partial charge in [-0.1, -0.05) is 34.8 Å². The van der Waals surface area contributed by atoms with Crippen LogP contribution < -0.4 is 32.1 Å². The molecule has 8 aromatic rings. The number of phenolic OH excluding ortho intramolecular Hbond substituents is 1. The van der Waals surface area contributed by atoms with E-state index in [2.05, 4.69) is 25.1 Å². The molecule has 3 aromatic carbocycles. The topological polar surface area (TPSA) is 210 Å². The zero-order valence-corrected chi connectivity index (χ0v) is 40.3. The summed E-state index contributed by atoms with van der Waals surface area (Å²) in [5.74, 6) is 0.0691. The standard InChI is InChI=1S/C15H13FN4O.C11H8ClFN2O.C10H17BN2O2.C6H6FNO.C5H3Cl2N/c1-20-9-10(8-19-20)15-7-12(4-5-18-15)21-11-2-3-14(17)13(16)6-11;12-11-6-8(3-4-15-11)16-7-1-2-10(14)9(13)5-7;1-9(2)10(3,4)15-11(14-9)8-6-12-13(5)7-8;7-5-3-4(9)1-2-6(5)8;6-4-1-2-8-5(7)3-4/h2-9H,17H2,1H3;1-6H,14H2;6-7H,1-5H3;1-3,9H,8H2;1-3H. The molecule has 6 heterocycles. The maximum absolute atomic E-state index is 13.4. The van der Waals surface area contributed by atoms with E-state index in [1.54, 1.807) is 76.6 Å². The summed E-state index contributed by atoms with van der Waals surface area (Å²) in [6.45, 7) is 8.18. The van der Waals surface area contributed by atoms with Gasteiger partial charge in [-0.25, -0.2) is 23.1 Å². The minimum Gasteiger partial charge on any atom is -0.508 e. The van der Waals surface area contributed by atoms with Gasteiger partial charge in [-0.15, -0.1) is 0 Å². The van der Waals surface area contributed by atoms with E-state index in [4.69, 9.17) is 75.9 Å². The molecule has 0 radical (unpaired) electrons. The van der Waals surface area contributed by atoms with Crippen LogP contribution in [0.5, 0.6) is 28.7 Å². The first kappa shape index (κ1) is 52.9. The van der Waals surface area contributed by atoms with Crippen LogP contribution in [0.25, 0.3) is 11.3 Å². The van der Waals surface area contributed by atoms with Gasteiger partial charge in [0.2, 0.25) is 0 Å². The third kappa shape index (κ3) is 16.0. The van der Waals surface area contributed by atoms with Crippen LogP contribution in [0.15, 0.2) is 134 Å². The van der Waals surface area contributed by atoms with Crippen LogP contribution in [0.2, 0.25) is 15.3 Å². The van der Waals surface area contributed by atoms with E-state index in [-0.39, 0.29) is 41.1 Å². The average Bonchev–Trinajstić information content (AvgIpc) is 3.99. The molecule has 0 amide bonds. The van der Waals surface area contributed by atoms with Crippen molar-refractivity contribution in [1.82, 2.24) is 34.5 Å². The largest absolute Gasteiger partial charge is 0.508 e. The molecule has 7 N–H and O–H groups in total. The maximum Gasteiger partial charge on any atom is 0.498 e. The molecule has 1 saturated heterocycles. The number of halogens is 6. The van der Waals surface area contributed by atoms with Crippen molar-refractivity contribution in [2.24, 2.45) is 14.1 Å². The number of aromatic hydroxyl groups is 1. The molecule has 69 heavy (non-hydrogen) atoms.